The molecule has 1 amide bonds. The van der Waals surface area contributed by atoms with E-state index in [0.29, 0.717) is 29.4 Å². The predicted octanol–water partition coefficient (Wildman–Crippen LogP) is 6.42. The van der Waals surface area contributed by atoms with Crippen LogP contribution >= 0.6 is 11.6 Å². The van der Waals surface area contributed by atoms with Crippen molar-refractivity contribution in [3.05, 3.63) is 118 Å². The van der Waals surface area contributed by atoms with Crippen molar-refractivity contribution in [3.63, 3.8) is 0 Å². The molecule has 2 heterocycles. The number of ether oxygens (including phenoxy) is 1. The summed E-state index contributed by atoms with van der Waals surface area (Å²) in [5.41, 5.74) is 5.09. The maximum absolute atomic E-state index is 14.1. The van der Waals surface area contributed by atoms with Crippen molar-refractivity contribution < 1.29 is 18.7 Å². The number of esters is 1. The summed E-state index contributed by atoms with van der Waals surface area (Å²) in [5.74, 6) is -0.926. The van der Waals surface area contributed by atoms with E-state index < -0.39 is 0 Å². The highest BCUT2D eigenvalue weighted by atomic mass is 35.5. The SMILES string of the molecule is CCOC(=O)CN1C/C(=C\c2ccc(F)cc2)c2c(c(C(=O)N(C)[C@H](C)c3ccccc3)nn2-c2ccc(Cl)cc2)C1. The number of fused-ring (bicyclic) bond motifs is 1. The van der Waals surface area contributed by atoms with Crippen LogP contribution in [0.5, 0.6) is 0 Å². The molecule has 1 atom stereocenters. The first-order valence-electron chi connectivity index (χ1n) is 13.8. The maximum atomic E-state index is 14.1. The zero-order valence-corrected chi connectivity index (χ0v) is 24.5. The van der Waals surface area contributed by atoms with Crippen LogP contribution in [-0.2, 0) is 16.1 Å². The summed E-state index contributed by atoms with van der Waals surface area (Å²) in [6.07, 6.45) is 1.94. The lowest BCUT2D eigenvalue weighted by Gasteiger charge is -2.30. The minimum atomic E-state index is -0.352. The third kappa shape index (κ3) is 6.30. The van der Waals surface area contributed by atoms with E-state index >= 15 is 0 Å². The summed E-state index contributed by atoms with van der Waals surface area (Å²) in [5, 5.41) is 5.46. The highest BCUT2D eigenvalue weighted by molar-refractivity contribution is 6.30. The van der Waals surface area contributed by atoms with Gasteiger partial charge in [0.2, 0.25) is 0 Å². The van der Waals surface area contributed by atoms with Gasteiger partial charge in [-0.15, -0.1) is 0 Å². The van der Waals surface area contributed by atoms with Crippen LogP contribution in [0.1, 0.15) is 52.8 Å². The van der Waals surface area contributed by atoms with Crippen molar-refractivity contribution in [2.24, 2.45) is 0 Å². The zero-order valence-electron chi connectivity index (χ0n) is 23.8. The van der Waals surface area contributed by atoms with E-state index in [2.05, 4.69) is 0 Å². The lowest BCUT2D eigenvalue weighted by atomic mass is 9.97. The largest absolute Gasteiger partial charge is 0.465 e. The molecule has 216 valence electrons. The maximum Gasteiger partial charge on any atom is 0.320 e. The van der Waals surface area contributed by atoms with E-state index in [1.165, 1.54) is 12.1 Å². The Morgan fingerprint density at radius 2 is 1.74 bits per heavy atom. The molecule has 1 aromatic heterocycles. The Morgan fingerprint density at radius 3 is 2.40 bits per heavy atom. The van der Waals surface area contributed by atoms with Crippen LogP contribution in [0.15, 0.2) is 78.9 Å². The molecule has 1 aliphatic heterocycles. The molecule has 5 rings (SSSR count). The van der Waals surface area contributed by atoms with Gasteiger partial charge in [0.15, 0.2) is 5.69 Å². The molecule has 3 aromatic carbocycles. The number of halogens is 2. The summed E-state index contributed by atoms with van der Waals surface area (Å²) in [6.45, 7) is 4.77. The van der Waals surface area contributed by atoms with Crippen molar-refractivity contribution in [3.8, 4) is 5.69 Å². The molecule has 42 heavy (non-hydrogen) atoms. The van der Waals surface area contributed by atoms with Gasteiger partial charge in [0.1, 0.15) is 5.82 Å². The molecule has 0 radical (unpaired) electrons. The Kier molecular flexibility index (Phi) is 8.85. The average Bonchev–Trinajstić information content (AvgIpc) is 3.38. The Bertz CT molecular complexity index is 1600. The Hall–Kier alpha value is -4.27. The van der Waals surface area contributed by atoms with E-state index in [0.717, 1.165) is 28.1 Å². The van der Waals surface area contributed by atoms with Crippen LogP contribution in [0, 0.1) is 5.82 Å². The number of hydrogen-bond acceptors (Lipinski definition) is 5. The summed E-state index contributed by atoms with van der Waals surface area (Å²) in [4.78, 5) is 30.3. The molecule has 0 saturated carbocycles. The van der Waals surface area contributed by atoms with Gasteiger partial charge in [-0.3, -0.25) is 14.5 Å². The minimum absolute atomic E-state index is 0.0457. The normalized spacial score (nSPS) is 14.8. The molecule has 7 nitrogen and oxygen atoms in total. The molecular formula is C33H32ClFN4O3. The fourth-order valence-corrected chi connectivity index (χ4v) is 5.27. The van der Waals surface area contributed by atoms with Crippen LogP contribution < -0.4 is 0 Å². The molecule has 0 saturated heterocycles. The second-order valence-corrected chi connectivity index (χ2v) is 10.7. The third-order valence-electron chi connectivity index (χ3n) is 7.39. The van der Waals surface area contributed by atoms with Crippen molar-refractivity contribution in [2.45, 2.75) is 26.4 Å². The van der Waals surface area contributed by atoms with Gasteiger partial charge in [0, 0.05) is 30.7 Å². The average molecular weight is 587 g/mol. The molecule has 0 spiro atoms. The predicted molar refractivity (Wildman–Crippen MR) is 162 cm³/mol. The molecule has 4 aromatic rings. The molecule has 0 bridgehead atoms. The van der Waals surface area contributed by atoms with Crippen LogP contribution in [-0.4, -0.2) is 58.2 Å². The molecule has 0 N–H and O–H groups in total. The number of hydrogen-bond donors (Lipinski definition) is 0. The molecule has 0 unspecified atom stereocenters. The molecule has 0 aliphatic carbocycles. The van der Waals surface area contributed by atoms with E-state index in [1.807, 2.05) is 60.4 Å². The van der Waals surface area contributed by atoms with Gasteiger partial charge in [-0.1, -0.05) is 54.1 Å². The fraction of sp³-hybridized carbons (Fsp3) is 0.242. The summed E-state index contributed by atoms with van der Waals surface area (Å²) in [7, 11) is 1.77. The Labute approximate surface area is 249 Å². The van der Waals surface area contributed by atoms with Crippen LogP contribution in [0.2, 0.25) is 5.02 Å². The van der Waals surface area contributed by atoms with Crippen molar-refractivity contribution in [1.82, 2.24) is 19.6 Å². The van der Waals surface area contributed by atoms with Gasteiger partial charge < -0.3 is 9.64 Å². The van der Waals surface area contributed by atoms with Crippen LogP contribution in [0.3, 0.4) is 0 Å². The van der Waals surface area contributed by atoms with Crippen molar-refractivity contribution in [2.75, 3.05) is 26.7 Å². The molecule has 1 aliphatic rings. The van der Waals surface area contributed by atoms with Gasteiger partial charge in [0.25, 0.3) is 5.91 Å². The van der Waals surface area contributed by atoms with Gasteiger partial charge in [-0.25, -0.2) is 9.07 Å². The first kappa shape index (κ1) is 29.2. The first-order valence-corrected chi connectivity index (χ1v) is 14.2. The number of carbonyl (C=O) groups excluding carboxylic acids is 2. The molecule has 0 fully saturated rings. The van der Waals surface area contributed by atoms with Crippen molar-refractivity contribution >= 4 is 35.1 Å². The van der Waals surface area contributed by atoms with E-state index in [1.54, 1.807) is 47.8 Å². The van der Waals surface area contributed by atoms with Crippen LogP contribution in [0.25, 0.3) is 17.3 Å². The molecule has 9 heteroatoms. The monoisotopic (exact) mass is 586 g/mol. The topological polar surface area (TPSA) is 67.7 Å². The lowest BCUT2D eigenvalue weighted by molar-refractivity contribution is -0.144. The fourth-order valence-electron chi connectivity index (χ4n) is 5.14. The Morgan fingerprint density at radius 1 is 1.05 bits per heavy atom. The second kappa shape index (κ2) is 12.7. The Balaban J connectivity index is 1.65. The summed E-state index contributed by atoms with van der Waals surface area (Å²) in [6, 6.07) is 23.0. The number of benzene rings is 3. The number of amides is 1. The first-order chi connectivity index (χ1) is 20.2. The number of carbonyl (C=O) groups is 2. The quantitative estimate of drug-likeness (QED) is 0.223. The number of rotatable bonds is 8. The second-order valence-electron chi connectivity index (χ2n) is 10.2. The van der Waals surface area contributed by atoms with Crippen molar-refractivity contribution in [1.29, 1.82) is 0 Å². The van der Waals surface area contributed by atoms with Gasteiger partial charge in [0.05, 0.1) is 30.6 Å². The number of nitrogens with zero attached hydrogens (tertiary/aromatic N) is 4. The third-order valence-corrected chi connectivity index (χ3v) is 7.64. The highest BCUT2D eigenvalue weighted by Gasteiger charge is 2.34. The summed E-state index contributed by atoms with van der Waals surface area (Å²) < 4.78 is 20.7. The lowest BCUT2D eigenvalue weighted by Crippen LogP contribution is -2.36. The van der Waals surface area contributed by atoms with E-state index in [9.17, 15) is 14.0 Å². The van der Waals surface area contributed by atoms with Crippen LogP contribution in [0.4, 0.5) is 4.39 Å². The van der Waals surface area contributed by atoms with E-state index in [-0.39, 0.29) is 36.9 Å². The summed E-state index contributed by atoms with van der Waals surface area (Å²) >= 11 is 6.19. The van der Waals surface area contributed by atoms with E-state index in [4.69, 9.17) is 21.4 Å². The van der Waals surface area contributed by atoms with Gasteiger partial charge in [-0.2, -0.15) is 5.10 Å². The van der Waals surface area contributed by atoms with Gasteiger partial charge in [-0.05, 0) is 73.0 Å². The standard InChI is InChI=1S/C33H32ClFN4O3/c1-4-42-30(40)21-38-19-25(18-23-10-14-27(35)15-11-23)32-29(20-38)31(36-39(32)28-16-12-26(34)13-17-28)33(41)37(3)22(2)24-8-6-5-7-9-24/h5-18,22H,4,19-21H2,1-3H3/b25-18+/t22-/m1/s1. The smallest absolute Gasteiger partial charge is 0.320 e. The highest BCUT2D eigenvalue weighted by Crippen LogP contribution is 2.35. The zero-order chi connectivity index (χ0) is 29.8. The van der Waals surface area contributed by atoms with Gasteiger partial charge >= 0.3 is 5.97 Å². The minimum Gasteiger partial charge on any atom is -0.465 e. The number of aromatic nitrogens is 2. The molecular weight excluding hydrogens is 555 g/mol.